The maximum Gasteiger partial charge on any atom is 0.407 e. The second kappa shape index (κ2) is 7.24. The number of carbonyl (C=O) groups is 1. The van der Waals surface area contributed by atoms with Gasteiger partial charge in [-0.15, -0.1) is 0 Å². The molecule has 1 aliphatic heterocycles. The van der Waals surface area contributed by atoms with Crippen LogP contribution in [0.4, 0.5) is 4.79 Å². The molecule has 1 amide bonds. The van der Waals surface area contributed by atoms with Crippen molar-refractivity contribution in [2.24, 2.45) is 11.7 Å². The summed E-state index contributed by atoms with van der Waals surface area (Å²) < 4.78 is 5.25. The van der Waals surface area contributed by atoms with Gasteiger partial charge in [-0.25, -0.2) is 4.79 Å². The molecule has 2 atom stereocenters. The van der Waals surface area contributed by atoms with E-state index in [2.05, 4.69) is 5.32 Å². The van der Waals surface area contributed by atoms with Crippen LogP contribution in [0.2, 0.25) is 0 Å². The fourth-order valence-electron chi connectivity index (χ4n) is 2.08. The van der Waals surface area contributed by atoms with Crippen LogP contribution in [0, 0.1) is 5.92 Å². The van der Waals surface area contributed by atoms with Crippen LogP contribution in [0.1, 0.15) is 40.0 Å². The standard InChI is InChI=1S/C13H26N2O2S/c1-13(2,3)17-12(16)15-11(8-14)7-10-5-4-6-18-9-10/h10-11H,4-9,14H2,1-3H3,(H,15,16). The molecule has 0 aromatic heterocycles. The third-order valence-corrected chi connectivity index (χ3v) is 4.16. The van der Waals surface area contributed by atoms with Gasteiger partial charge in [0.2, 0.25) is 0 Å². The SMILES string of the molecule is CC(C)(C)OC(=O)NC(CN)CC1CCCSC1. The normalized spacial score (nSPS) is 22.3. The number of hydrogen-bond acceptors (Lipinski definition) is 4. The van der Waals surface area contributed by atoms with Crippen LogP contribution < -0.4 is 11.1 Å². The van der Waals surface area contributed by atoms with Gasteiger partial charge in [0, 0.05) is 12.6 Å². The summed E-state index contributed by atoms with van der Waals surface area (Å²) in [7, 11) is 0. The molecular weight excluding hydrogens is 248 g/mol. The Labute approximate surface area is 114 Å². The van der Waals surface area contributed by atoms with Crippen molar-refractivity contribution in [3.05, 3.63) is 0 Å². The summed E-state index contributed by atoms with van der Waals surface area (Å²) in [6.45, 7) is 6.06. The van der Waals surface area contributed by atoms with Crippen molar-refractivity contribution in [3.63, 3.8) is 0 Å². The molecule has 1 heterocycles. The van der Waals surface area contributed by atoms with E-state index < -0.39 is 5.60 Å². The molecule has 4 nitrogen and oxygen atoms in total. The summed E-state index contributed by atoms with van der Waals surface area (Å²) in [6, 6.07) is 0.0311. The summed E-state index contributed by atoms with van der Waals surface area (Å²) in [5.74, 6) is 3.13. The van der Waals surface area contributed by atoms with Crippen molar-refractivity contribution in [2.75, 3.05) is 18.1 Å². The van der Waals surface area contributed by atoms with E-state index >= 15 is 0 Å². The Morgan fingerprint density at radius 1 is 1.56 bits per heavy atom. The first kappa shape index (κ1) is 15.6. The predicted octanol–water partition coefficient (Wildman–Crippen LogP) is 2.37. The van der Waals surface area contributed by atoms with Gasteiger partial charge in [0.05, 0.1) is 0 Å². The Morgan fingerprint density at radius 3 is 2.78 bits per heavy atom. The monoisotopic (exact) mass is 274 g/mol. The molecule has 18 heavy (non-hydrogen) atoms. The lowest BCUT2D eigenvalue weighted by molar-refractivity contribution is 0.0499. The van der Waals surface area contributed by atoms with E-state index in [9.17, 15) is 4.79 Å². The van der Waals surface area contributed by atoms with Crippen LogP contribution in [-0.4, -0.2) is 35.8 Å². The summed E-state index contributed by atoms with van der Waals surface area (Å²) in [4.78, 5) is 11.7. The van der Waals surface area contributed by atoms with E-state index in [0.29, 0.717) is 12.5 Å². The average Bonchev–Trinajstić information content (AvgIpc) is 2.27. The van der Waals surface area contributed by atoms with Gasteiger partial charge in [-0.3, -0.25) is 0 Å². The maximum atomic E-state index is 11.7. The number of ether oxygens (including phenoxy) is 1. The van der Waals surface area contributed by atoms with Crippen LogP contribution in [0.3, 0.4) is 0 Å². The number of nitrogens with one attached hydrogen (secondary N) is 1. The second-order valence-corrected chi connectivity index (χ2v) is 7.05. The van der Waals surface area contributed by atoms with Crippen LogP contribution in [0.25, 0.3) is 0 Å². The van der Waals surface area contributed by atoms with Gasteiger partial charge in [-0.2, -0.15) is 11.8 Å². The zero-order valence-electron chi connectivity index (χ0n) is 11.7. The number of rotatable bonds is 4. The molecule has 0 spiro atoms. The molecular formula is C13H26N2O2S. The molecule has 0 aliphatic carbocycles. The minimum atomic E-state index is -0.454. The smallest absolute Gasteiger partial charge is 0.407 e. The minimum absolute atomic E-state index is 0.0311. The van der Waals surface area contributed by atoms with E-state index in [1.165, 1.54) is 24.3 Å². The molecule has 5 heteroatoms. The highest BCUT2D eigenvalue weighted by atomic mass is 32.2. The third kappa shape index (κ3) is 6.50. The Kier molecular flexibility index (Phi) is 6.29. The van der Waals surface area contributed by atoms with Crippen molar-refractivity contribution < 1.29 is 9.53 Å². The molecule has 1 rings (SSSR count). The van der Waals surface area contributed by atoms with Crippen LogP contribution in [-0.2, 0) is 4.74 Å². The Morgan fingerprint density at radius 2 is 2.28 bits per heavy atom. The van der Waals surface area contributed by atoms with Gasteiger partial charge in [0.15, 0.2) is 0 Å². The van der Waals surface area contributed by atoms with Crippen molar-refractivity contribution in [1.29, 1.82) is 0 Å². The van der Waals surface area contributed by atoms with Crippen molar-refractivity contribution in [1.82, 2.24) is 5.32 Å². The third-order valence-electron chi connectivity index (χ3n) is 2.88. The first-order valence-corrected chi connectivity index (χ1v) is 7.83. The molecule has 1 aliphatic rings. The highest BCUT2D eigenvalue weighted by molar-refractivity contribution is 7.99. The summed E-state index contributed by atoms with van der Waals surface area (Å²) in [5, 5.41) is 2.88. The molecule has 0 aromatic carbocycles. The number of amides is 1. The number of hydrogen-bond donors (Lipinski definition) is 2. The van der Waals surface area contributed by atoms with Gasteiger partial charge in [0.1, 0.15) is 5.60 Å². The molecule has 106 valence electrons. The second-order valence-electron chi connectivity index (χ2n) is 5.90. The van der Waals surface area contributed by atoms with Crippen molar-refractivity contribution in [3.8, 4) is 0 Å². The molecule has 0 saturated carbocycles. The average molecular weight is 274 g/mol. The fraction of sp³-hybridized carbons (Fsp3) is 0.923. The number of carbonyl (C=O) groups excluding carboxylic acids is 1. The molecule has 0 bridgehead atoms. The zero-order valence-corrected chi connectivity index (χ0v) is 12.5. The van der Waals surface area contributed by atoms with Gasteiger partial charge in [-0.1, -0.05) is 0 Å². The minimum Gasteiger partial charge on any atom is -0.444 e. The van der Waals surface area contributed by atoms with Crippen molar-refractivity contribution in [2.45, 2.75) is 51.7 Å². The van der Waals surface area contributed by atoms with E-state index in [1.807, 2.05) is 32.5 Å². The molecule has 3 N–H and O–H groups in total. The van der Waals surface area contributed by atoms with Crippen molar-refractivity contribution >= 4 is 17.9 Å². The molecule has 0 aromatic rings. The zero-order chi connectivity index (χ0) is 13.6. The van der Waals surface area contributed by atoms with Crippen LogP contribution in [0.15, 0.2) is 0 Å². The number of thioether (sulfide) groups is 1. The quantitative estimate of drug-likeness (QED) is 0.826. The maximum absolute atomic E-state index is 11.7. The Hall–Kier alpha value is -0.420. The highest BCUT2D eigenvalue weighted by Gasteiger charge is 2.22. The largest absolute Gasteiger partial charge is 0.444 e. The van der Waals surface area contributed by atoms with Gasteiger partial charge in [0.25, 0.3) is 0 Å². The fourth-order valence-corrected chi connectivity index (χ4v) is 3.26. The lowest BCUT2D eigenvalue weighted by Gasteiger charge is -2.27. The lowest BCUT2D eigenvalue weighted by atomic mass is 9.97. The van der Waals surface area contributed by atoms with Gasteiger partial charge >= 0.3 is 6.09 Å². The lowest BCUT2D eigenvalue weighted by Crippen LogP contribution is -2.44. The molecule has 2 unspecified atom stereocenters. The number of nitrogens with two attached hydrogens (primary N) is 1. The van der Waals surface area contributed by atoms with Crippen LogP contribution in [0.5, 0.6) is 0 Å². The molecule has 0 radical (unpaired) electrons. The molecule has 1 saturated heterocycles. The summed E-state index contributed by atoms with van der Waals surface area (Å²) in [6.07, 6.45) is 3.13. The Balaban J connectivity index is 2.34. The van der Waals surface area contributed by atoms with E-state index in [1.54, 1.807) is 0 Å². The topological polar surface area (TPSA) is 64.3 Å². The summed E-state index contributed by atoms with van der Waals surface area (Å²) in [5.41, 5.74) is 5.27. The first-order chi connectivity index (χ1) is 8.40. The predicted molar refractivity (Wildman–Crippen MR) is 76.9 cm³/mol. The summed E-state index contributed by atoms with van der Waals surface area (Å²) >= 11 is 2.00. The Bertz CT molecular complexity index is 260. The first-order valence-electron chi connectivity index (χ1n) is 6.68. The number of alkyl carbamates (subject to hydrolysis) is 1. The van der Waals surface area contributed by atoms with Gasteiger partial charge < -0.3 is 15.8 Å². The highest BCUT2D eigenvalue weighted by Crippen LogP contribution is 2.26. The molecule has 1 fully saturated rings. The van der Waals surface area contributed by atoms with Crippen LogP contribution >= 0.6 is 11.8 Å². The van der Waals surface area contributed by atoms with E-state index in [0.717, 1.165) is 6.42 Å². The van der Waals surface area contributed by atoms with Gasteiger partial charge in [-0.05, 0) is 57.5 Å². The van der Waals surface area contributed by atoms with E-state index in [4.69, 9.17) is 10.5 Å². The van der Waals surface area contributed by atoms with E-state index in [-0.39, 0.29) is 12.1 Å².